The molecule has 3 rings (SSSR count). The van der Waals surface area contributed by atoms with E-state index in [4.69, 9.17) is 4.74 Å². The first kappa shape index (κ1) is 13.9. The van der Waals surface area contributed by atoms with Crippen LogP contribution in [-0.4, -0.2) is 37.4 Å². The highest BCUT2D eigenvalue weighted by molar-refractivity contribution is 6.04. The van der Waals surface area contributed by atoms with Crippen LogP contribution in [0.1, 0.15) is 15.9 Å². The Morgan fingerprint density at radius 1 is 0.864 bits per heavy atom. The van der Waals surface area contributed by atoms with Crippen LogP contribution >= 0.6 is 0 Å². The van der Waals surface area contributed by atoms with Gasteiger partial charge < -0.3 is 30.3 Å². The molecule has 22 heavy (non-hydrogen) atoms. The maximum atomic E-state index is 12.2. The predicted octanol–water partition coefficient (Wildman–Crippen LogP) is 1.40. The third-order valence-electron chi connectivity index (χ3n) is 3.57. The molecule has 0 saturated heterocycles. The quantitative estimate of drug-likeness (QED) is 0.419. The normalized spacial score (nSPS) is 16.4. The van der Waals surface area contributed by atoms with Gasteiger partial charge in [-0.15, -0.1) is 0 Å². The largest absolute Gasteiger partial charge is 0.504 e. The van der Waals surface area contributed by atoms with Crippen molar-refractivity contribution >= 4 is 5.78 Å². The molecule has 0 amide bonds. The lowest BCUT2D eigenvalue weighted by atomic mass is 9.99. The van der Waals surface area contributed by atoms with Crippen molar-refractivity contribution in [3.63, 3.8) is 0 Å². The number of carbonyl (C=O) groups excluding carboxylic acids is 1. The number of rotatable bonds is 2. The van der Waals surface area contributed by atoms with Crippen LogP contribution in [0.2, 0.25) is 0 Å². The van der Waals surface area contributed by atoms with Crippen molar-refractivity contribution in [3.05, 3.63) is 35.4 Å². The molecule has 0 aliphatic carbocycles. The zero-order valence-corrected chi connectivity index (χ0v) is 11.1. The molecular weight excluding hydrogens is 292 g/mol. The van der Waals surface area contributed by atoms with Gasteiger partial charge in [0.15, 0.2) is 17.6 Å². The summed E-state index contributed by atoms with van der Waals surface area (Å²) in [4.78, 5) is 12.2. The minimum absolute atomic E-state index is 0.285. The fraction of sp³-hybridized carbons (Fsp3) is 0.133. The zero-order chi connectivity index (χ0) is 16.0. The lowest BCUT2D eigenvalue weighted by molar-refractivity contribution is 0.0856. The first-order valence-corrected chi connectivity index (χ1v) is 6.39. The summed E-state index contributed by atoms with van der Waals surface area (Å²) in [6, 6.07) is 6.57. The first-order chi connectivity index (χ1) is 10.4. The summed E-state index contributed by atoms with van der Waals surface area (Å²) in [7, 11) is 0. The van der Waals surface area contributed by atoms with Gasteiger partial charge in [-0.05, 0) is 12.1 Å². The molecule has 1 unspecified atom stereocenters. The van der Waals surface area contributed by atoms with E-state index < -0.39 is 34.9 Å². The van der Waals surface area contributed by atoms with Gasteiger partial charge in [0.2, 0.25) is 23.0 Å². The van der Waals surface area contributed by atoms with Gasteiger partial charge in [0.05, 0.1) is 5.56 Å². The topological polar surface area (TPSA) is 127 Å². The number of aromatic hydroxyl groups is 5. The molecule has 0 saturated carbocycles. The molecule has 2 aromatic carbocycles. The summed E-state index contributed by atoms with van der Waals surface area (Å²) in [5.74, 6) is -4.60. The number of ketones is 1. The molecule has 0 spiro atoms. The number of para-hydroxylation sites is 1. The van der Waals surface area contributed by atoms with E-state index in [0.717, 1.165) is 0 Å². The van der Waals surface area contributed by atoms with Crippen molar-refractivity contribution in [2.75, 3.05) is 0 Å². The molecule has 114 valence electrons. The molecule has 7 heteroatoms. The van der Waals surface area contributed by atoms with E-state index in [-0.39, 0.29) is 17.8 Å². The van der Waals surface area contributed by atoms with Gasteiger partial charge in [-0.25, -0.2) is 0 Å². The zero-order valence-electron chi connectivity index (χ0n) is 11.1. The molecule has 7 nitrogen and oxygen atoms in total. The van der Waals surface area contributed by atoms with Crippen LogP contribution in [0.4, 0.5) is 0 Å². The number of benzene rings is 2. The first-order valence-electron chi connectivity index (χ1n) is 6.39. The smallest absolute Gasteiger partial charge is 0.208 e. The van der Waals surface area contributed by atoms with E-state index in [1.54, 1.807) is 24.3 Å². The average Bonchev–Trinajstić information content (AvgIpc) is 2.84. The van der Waals surface area contributed by atoms with Crippen LogP contribution in [0.5, 0.6) is 34.5 Å². The predicted molar refractivity (Wildman–Crippen MR) is 73.7 cm³/mol. The van der Waals surface area contributed by atoms with Crippen LogP contribution in [-0.2, 0) is 6.42 Å². The van der Waals surface area contributed by atoms with Crippen molar-refractivity contribution < 1.29 is 35.1 Å². The number of fused-ring (bicyclic) bond motifs is 1. The Bertz CT molecular complexity index is 753. The van der Waals surface area contributed by atoms with Crippen molar-refractivity contribution in [2.24, 2.45) is 0 Å². The van der Waals surface area contributed by atoms with E-state index in [2.05, 4.69) is 0 Å². The Morgan fingerprint density at radius 3 is 2.00 bits per heavy atom. The molecule has 1 atom stereocenters. The molecule has 0 radical (unpaired) electrons. The Hall–Kier alpha value is -3.09. The second-order valence-electron chi connectivity index (χ2n) is 4.89. The highest BCUT2D eigenvalue weighted by atomic mass is 16.5. The van der Waals surface area contributed by atoms with E-state index in [1.807, 2.05) is 0 Å². The van der Waals surface area contributed by atoms with Crippen molar-refractivity contribution in [1.82, 2.24) is 0 Å². The van der Waals surface area contributed by atoms with E-state index in [9.17, 15) is 30.3 Å². The summed E-state index contributed by atoms with van der Waals surface area (Å²) in [5.41, 5.74) is 0.0812. The summed E-state index contributed by atoms with van der Waals surface area (Å²) in [6.45, 7) is 0. The molecule has 1 aliphatic heterocycles. The fourth-order valence-electron chi connectivity index (χ4n) is 2.40. The Labute approximate surface area is 124 Å². The number of hydrogen-bond acceptors (Lipinski definition) is 7. The van der Waals surface area contributed by atoms with Crippen molar-refractivity contribution in [1.29, 1.82) is 0 Å². The number of hydrogen-bond donors (Lipinski definition) is 5. The second-order valence-corrected chi connectivity index (χ2v) is 4.89. The third-order valence-corrected chi connectivity index (χ3v) is 3.57. The Kier molecular flexibility index (Phi) is 2.98. The summed E-state index contributed by atoms with van der Waals surface area (Å²) >= 11 is 0. The number of carbonyl (C=O) groups is 1. The molecule has 1 heterocycles. The van der Waals surface area contributed by atoms with Crippen LogP contribution < -0.4 is 4.74 Å². The number of phenolic OH excluding ortho intramolecular Hbond substituents is 5. The van der Waals surface area contributed by atoms with Crippen LogP contribution in [0.15, 0.2) is 24.3 Å². The Balaban J connectivity index is 1.98. The number of Topliss-reactive ketones (excluding diaryl/α,β-unsaturated/α-hetero) is 1. The maximum absolute atomic E-state index is 12.2. The van der Waals surface area contributed by atoms with Gasteiger partial charge in [-0.1, -0.05) is 12.1 Å². The standard InChI is InChI=1S/C15H12O7/c16-10-6-3-1-2-4-8(6)22-9(10)5-7-11(17)13(19)15(21)14(20)12(7)18/h1-4,9,17-21H,5H2. The fourth-order valence-corrected chi connectivity index (χ4v) is 2.40. The number of ether oxygens (including phenoxy) is 1. The van der Waals surface area contributed by atoms with Gasteiger partial charge in [0.1, 0.15) is 5.75 Å². The van der Waals surface area contributed by atoms with Gasteiger partial charge in [-0.2, -0.15) is 0 Å². The highest BCUT2D eigenvalue weighted by Crippen LogP contribution is 2.51. The maximum Gasteiger partial charge on any atom is 0.208 e. The van der Waals surface area contributed by atoms with Crippen molar-refractivity contribution in [3.8, 4) is 34.5 Å². The minimum atomic E-state index is -1.04. The van der Waals surface area contributed by atoms with Crippen LogP contribution in [0, 0.1) is 0 Å². The lowest BCUT2D eigenvalue weighted by Crippen LogP contribution is -2.23. The third kappa shape index (κ3) is 1.86. The molecule has 5 N–H and O–H groups in total. The SMILES string of the molecule is O=C1c2ccccc2OC1Cc1c(O)c(O)c(O)c(O)c1O. The van der Waals surface area contributed by atoms with Gasteiger partial charge in [-0.3, -0.25) is 4.79 Å². The molecule has 0 bridgehead atoms. The van der Waals surface area contributed by atoms with Gasteiger partial charge >= 0.3 is 0 Å². The van der Waals surface area contributed by atoms with Gasteiger partial charge in [0, 0.05) is 12.0 Å². The number of phenols is 5. The molecule has 0 aromatic heterocycles. The summed E-state index contributed by atoms with van der Waals surface area (Å²) in [6.07, 6.45) is -1.30. The molecule has 2 aromatic rings. The average molecular weight is 304 g/mol. The molecular formula is C15H12O7. The van der Waals surface area contributed by atoms with Gasteiger partial charge in [0.25, 0.3) is 0 Å². The lowest BCUT2D eigenvalue weighted by Gasteiger charge is -2.15. The van der Waals surface area contributed by atoms with E-state index in [1.165, 1.54) is 0 Å². The molecule has 0 fully saturated rings. The van der Waals surface area contributed by atoms with E-state index >= 15 is 0 Å². The van der Waals surface area contributed by atoms with Crippen LogP contribution in [0.25, 0.3) is 0 Å². The monoisotopic (exact) mass is 304 g/mol. The summed E-state index contributed by atoms with van der Waals surface area (Å²) < 4.78 is 5.45. The van der Waals surface area contributed by atoms with Crippen LogP contribution in [0.3, 0.4) is 0 Å². The highest BCUT2D eigenvalue weighted by Gasteiger charge is 2.35. The minimum Gasteiger partial charge on any atom is -0.504 e. The molecule has 1 aliphatic rings. The summed E-state index contributed by atoms with van der Waals surface area (Å²) in [5, 5.41) is 47.9. The Morgan fingerprint density at radius 2 is 1.41 bits per heavy atom. The van der Waals surface area contributed by atoms with Crippen molar-refractivity contribution in [2.45, 2.75) is 12.5 Å². The van der Waals surface area contributed by atoms with E-state index in [0.29, 0.717) is 11.3 Å². The second kappa shape index (κ2) is 4.73.